The Labute approximate surface area is 166 Å². The maximum Gasteiger partial charge on any atom is 0.291 e. The Morgan fingerprint density at radius 3 is 2.89 bits per heavy atom. The number of rotatable bonds is 5. The third-order valence-corrected chi connectivity index (χ3v) is 5.24. The molecule has 0 fully saturated rings. The number of aryl methyl sites for hydroxylation is 1. The molecule has 3 aromatic heterocycles. The molecule has 27 heavy (non-hydrogen) atoms. The van der Waals surface area contributed by atoms with Crippen molar-refractivity contribution in [1.82, 2.24) is 19.8 Å². The molecule has 1 N–H and O–H groups in total. The Hall–Kier alpha value is -2.72. The van der Waals surface area contributed by atoms with E-state index in [9.17, 15) is 4.79 Å². The molecular weight excluding hydrogens is 434 g/mol. The highest BCUT2D eigenvalue weighted by atomic mass is 79.9. The lowest BCUT2D eigenvalue weighted by Gasteiger charge is -2.10. The van der Waals surface area contributed by atoms with E-state index in [4.69, 9.17) is 9.15 Å². The van der Waals surface area contributed by atoms with Gasteiger partial charge in [0.15, 0.2) is 16.3 Å². The van der Waals surface area contributed by atoms with Crippen molar-refractivity contribution in [3.05, 3.63) is 46.6 Å². The second kappa shape index (κ2) is 7.12. The number of amides is 1. The van der Waals surface area contributed by atoms with Gasteiger partial charge in [-0.2, -0.15) is 9.61 Å². The van der Waals surface area contributed by atoms with Crippen molar-refractivity contribution < 1.29 is 13.9 Å². The van der Waals surface area contributed by atoms with Crippen molar-refractivity contribution in [3.63, 3.8) is 0 Å². The molecule has 4 rings (SSSR count). The number of nitrogens with zero attached hydrogens (tertiary/aromatic N) is 4. The van der Waals surface area contributed by atoms with Gasteiger partial charge in [0.25, 0.3) is 5.91 Å². The minimum absolute atomic E-state index is 0.195. The van der Waals surface area contributed by atoms with Gasteiger partial charge in [0, 0.05) is 12.0 Å². The average Bonchev–Trinajstić information content (AvgIpc) is 3.36. The summed E-state index contributed by atoms with van der Waals surface area (Å²) in [5, 5.41) is 16.4. The molecule has 1 amide bonds. The fraction of sp³-hybridized carbons (Fsp3) is 0.176. The first-order valence-electron chi connectivity index (χ1n) is 8.05. The maximum absolute atomic E-state index is 12.4. The lowest BCUT2D eigenvalue weighted by atomic mass is 10.2. The van der Waals surface area contributed by atoms with Crippen LogP contribution in [0.15, 0.2) is 39.4 Å². The summed E-state index contributed by atoms with van der Waals surface area (Å²) in [7, 11) is 1.55. The fourth-order valence-electron chi connectivity index (χ4n) is 2.55. The van der Waals surface area contributed by atoms with E-state index >= 15 is 0 Å². The Kier molecular flexibility index (Phi) is 4.66. The number of fused-ring (bicyclic) bond motifs is 1. The fourth-order valence-corrected chi connectivity index (χ4v) is 3.71. The van der Waals surface area contributed by atoms with E-state index in [1.165, 1.54) is 11.3 Å². The lowest BCUT2D eigenvalue weighted by molar-refractivity contribution is 0.0995. The first kappa shape index (κ1) is 17.7. The molecular formula is C17H14BrN5O3S. The number of furan rings is 1. The predicted octanol–water partition coefficient (Wildman–Crippen LogP) is 4.03. The zero-order valence-corrected chi connectivity index (χ0v) is 16.8. The van der Waals surface area contributed by atoms with Gasteiger partial charge in [0.1, 0.15) is 10.8 Å². The largest absolute Gasteiger partial charge is 0.495 e. The molecule has 10 heteroatoms. The lowest BCUT2D eigenvalue weighted by Crippen LogP contribution is -2.11. The summed E-state index contributed by atoms with van der Waals surface area (Å²) in [6.07, 6.45) is 0.743. The van der Waals surface area contributed by atoms with E-state index in [0.29, 0.717) is 16.1 Å². The molecule has 3 heterocycles. The highest BCUT2D eigenvalue weighted by molar-refractivity contribution is 9.10. The van der Waals surface area contributed by atoms with Crippen LogP contribution in [-0.4, -0.2) is 32.8 Å². The quantitative estimate of drug-likeness (QED) is 0.496. The minimum atomic E-state index is -0.373. The number of halogens is 1. The molecule has 0 saturated heterocycles. The second-order valence-electron chi connectivity index (χ2n) is 5.54. The molecule has 0 radical (unpaired) electrons. The number of ether oxygens (including phenoxy) is 1. The Balaban J connectivity index is 1.69. The van der Waals surface area contributed by atoms with Gasteiger partial charge in [0.2, 0.25) is 4.96 Å². The zero-order valence-electron chi connectivity index (χ0n) is 14.4. The first-order chi connectivity index (χ1) is 13.1. The topological polar surface area (TPSA) is 94.6 Å². The van der Waals surface area contributed by atoms with E-state index in [2.05, 4.69) is 36.5 Å². The van der Waals surface area contributed by atoms with Crippen molar-refractivity contribution in [2.45, 2.75) is 13.3 Å². The zero-order chi connectivity index (χ0) is 19.0. The number of carbonyl (C=O) groups is 1. The average molecular weight is 448 g/mol. The molecule has 0 aliphatic carbocycles. The molecule has 0 unspecified atom stereocenters. The summed E-state index contributed by atoms with van der Waals surface area (Å²) in [5.41, 5.74) is 1.36. The molecule has 0 spiro atoms. The summed E-state index contributed by atoms with van der Waals surface area (Å²) >= 11 is 4.62. The third kappa shape index (κ3) is 3.33. The molecule has 0 aliphatic rings. The second-order valence-corrected chi connectivity index (χ2v) is 7.28. The summed E-state index contributed by atoms with van der Waals surface area (Å²) in [4.78, 5) is 13.1. The van der Waals surface area contributed by atoms with Gasteiger partial charge in [-0.25, -0.2) is 0 Å². The highest BCUT2D eigenvalue weighted by Gasteiger charge is 2.17. The van der Waals surface area contributed by atoms with E-state index in [1.807, 2.05) is 19.1 Å². The van der Waals surface area contributed by atoms with Crippen LogP contribution in [0.1, 0.15) is 23.3 Å². The Morgan fingerprint density at radius 2 is 2.19 bits per heavy atom. The molecule has 0 bridgehead atoms. The predicted molar refractivity (Wildman–Crippen MR) is 104 cm³/mol. The van der Waals surface area contributed by atoms with Crippen LogP contribution in [0.4, 0.5) is 5.69 Å². The van der Waals surface area contributed by atoms with E-state index in [0.717, 1.165) is 27.8 Å². The SMILES string of the molecule is CCc1nnc2sc(-c3ccc(OC)c(NC(=O)c4ccc(Br)o4)c3)nn12. The van der Waals surface area contributed by atoms with Crippen LogP contribution in [-0.2, 0) is 6.42 Å². The number of benzene rings is 1. The van der Waals surface area contributed by atoms with Crippen LogP contribution in [0.25, 0.3) is 15.5 Å². The monoisotopic (exact) mass is 447 g/mol. The van der Waals surface area contributed by atoms with Gasteiger partial charge in [-0.1, -0.05) is 18.3 Å². The van der Waals surface area contributed by atoms with Crippen LogP contribution in [0.2, 0.25) is 0 Å². The smallest absolute Gasteiger partial charge is 0.291 e. The molecule has 1 aromatic carbocycles. The van der Waals surface area contributed by atoms with Crippen molar-refractivity contribution in [3.8, 4) is 16.3 Å². The molecule has 0 saturated carbocycles. The Morgan fingerprint density at radius 1 is 1.33 bits per heavy atom. The van der Waals surface area contributed by atoms with Crippen LogP contribution in [0.3, 0.4) is 0 Å². The summed E-state index contributed by atoms with van der Waals surface area (Å²) in [6.45, 7) is 2.00. The van der Waals surface area contributed by atoms with Crippen molar-refractivity contribution in [1.29, 1.82) is 0 Å². The number of anilines is 1. The minimum Gasteiger partial charge on any atom is -0.495 e. The number of aromatic nitrogens is 4. The maximum atomic E-state index is 12.4. The summed E-state index contributed by atoms with van der Waals surface area (Å²) < 4.78 is 12.9. The number of carbonyl (C=O) groups excluding carboxylic acids is 1. The van der Waals surface area contributed by atoms with Gasteiger partial charge >= 0.3 is 0 Å². The number of hydrogen-bond donors (Lipinski definition) is 1. The van der Waals surface area contributed by atoms with Crippen molar-refractivity contribution in [2.24, 2.45) is 0 Å². The van der Waals surface area contributed by atoms with Crippen molar-refractivity contribution >= 4 is 43.8 Å². The highest BCUT2D eigenvalue weighted by Crippen LogP contribution is 2.33. The van der Waals surface area contributed by atoms with Gasteiger partial charge in [-0.15, -0.1) is 10.2 Å². The van der Waals surface area contributed by atoms with Gasteiger partial charge < -0.3 is 14.5 Å². The van der Waals surface area contributed by atoms with Crippen LogP contribution >= 0.6 is 27.3 Å². The number of hydrogen-bond acceptors (Lipinski definition) is 7. The molecule has 0 atom stereocenters. The Bertz CT molecular complexity index is 1130. The van der Waals surface area contributed by atoms with E-state index in [-0.39, 0.29) is 11.7 Å². The van der Waals surface area contributed by atoms with Gasteiger partial charge in [0.05, 0.1) is 12.8 Å². The molecule has 4 aromatic rings. The van der Waals surface area contributed by atoms with E-state index in [1.54, 1.807) is 29.8 Å². The van der Waals surface area contributed by atoms with E-state index < -0.39 is 0 Å². The number of methoxy groups -OCH3 is 1. The van der Waals surface area contributed by atoms with Crippen LogP contribution < -0.4 is 10.1 Å². The summed E-state index contributed by atoms with van der Waals surface area (Å²) in [5.74, 6) is 1.16. The molecule has 8 nitrogen and oxygen atoms in total. The standard InChI is InChI=1S/C17H14BrN5O3S/c1-3-14-20-21-17-23(14)22-16(27-17)9-4-5-11(25-2)10(8-9)19-15(24)12-6-7-13(18)26-12/h4-8H,3H2,1-2H3,(H,19,24). The van der Waals surface area contributed by atoms with Crippen LogP contribution in [0, 0.1) is 0 Å². The summed E-state index contributed by atoms with van der Waals surface area (Å²) in [6, 6.07) is 8.73. The number of nitrogens with one attached hydrogen (secondary N) is 1. The van der Waals surface area contributed by atoms with Gasteiger partial charge in [-0.3, -0.25) is 4.79 Å². The van der Waals surface area contributed by atoms with Gasteiger partial charge in [-0.05, 0) is 46.3 Å². The molecule has 138 valence electrons. The first-order valence-corrected chi connectivity index (χ1v) is 9.66. The van der Waals surface area contributed by atoms with Crippen LogP contribution in [0.5, 0.6) is 5.75 Å². The third-order valence-electron chi connectivity index (χ3n) is 3.86. The normalized spacial score (nSPS) is 11.1. The molecule has 0 aliphatic heterocycles. The van der Waals surface area contributed by atoms with Crippen molar-refractivity contribution in [2.75, 3.05) is 12.4 Å².